The van der Waals surface area contributed by atoms with Gasteiger partial charge in [-0.1, -0.05) is 48.5 Å². The number of benzene rings is 2. The lowest BCUT2D eigenvalue weighted by molar-refractivity contribution is -0.141. The molecule has 0 aliphatic rings. The molecule has 0 fully saturated rings. The molecule has 200 valence electrons. The van der Waals surface area contributed by atoms with Crippen LogP contribution in [-0.2, 0) is 36.8 Å². The van der Waals surface area contributed by atoms with E-state index >= 15 is 0 Å². The van der Waals surface area contributed by atoms with E-state index in [9.17, 15) is 29.1 Å². The molecule has 1 aromatic heterocycles. The van der Waals surface area contributed by atoms with Gasteiger partial charge in [0.15, 0.2) is 0 Å². The molecule has 0 aliphatic heterocycles. The summed E-state index contributed by atoms with van der Waals surface area (Å²) in [6.07, 6.45) is 1.40. The Balaban J connectivity index is 1.62. The van der Waals surface area contributed by atoms with Crippen molar-refractivity contribution in [2.45, 2.75) is 37.4 Å². The van der Waals surface area contributed by atoms with Gasteiger partial charge in [-0.3, -0.25) is 19.2 Å². The number of primary amides is 1. The normalized spacial score (nSPS) is 13.2. The molecule has 9 N–H and O–H groups in total. The molecule has 0 radical (unpaired) electrons. The summed E-state index contributed by atoms with van der Waals surface area (Å²) < 4.78 is 0. The number of H-pyrrole nitrogens is 1. The van der Waals surface area contributed by atoms with Crippen molar-refractivity contribution in [3.05, 3.63) is 71.9 Å². The molecule has 3 unspecified atom stereocenters. The summed E-state index contributed by atoms with van der Waals surface area (Å²) in [5.74, 6) is -4.16. The Morgan fingerprint density at radius 1 is 0.868 bits per heavy atom. The standard InChI is InChI=1S/C26H30N6O6/c27-18(12-22(28)33)24(35)32-20(10-15-6-2-1-3-7-15)25(36)30-14-23(34)31-21(26(37)38)11-16-13-29-19-9-5-4-8-17(16)19/h1-9,13,18,20-21,29H,10-12,14,27H2,(H2,28,33)(H,30,36)(H,31,34)(H,32,35)(H,37,38). The summed E-state index contributed by atoms with van der Waals surface area (Å²) in [5, 5.41) is 17.8. The van der Waals surface area contributed by atoms with Crippen molar-refractivity contribution < 1.29 is 29.1 Å². The van der Waals surface area contributed by atoms with Crippen LogP contribution < -0.4 is 27.4 Å². The lowest BCUT2D eigenvalue weighted by Gasteiger charge is -2.21. The van der Waals surface area contributed by atoms with E-state index in [1.165, 1.54) is 0 Å². The highest BCUT2D eigenvalue weighted by Gasteiger charge is 2.26. The summed E-state index contributed by atoms with van der Waals surface area (Å²) in [4.78, 5) is 63.8. The van der Waals surface area contributed by atoms with Crippen LogP contribution in [0.5, 0.6) is 0 Å². The fourth-order valence-corrected chi connectivity index (χ4v) is 3.90. The van der Waals surface area contributed by atoms with E-state index in [4.69, 9.17) is 11.5 Å². The van der Waals surface area contributed by atoms with Crippen molar-refractivity contribution in [1.82, 2.24) is 20.9 Å². The van der Waals surface area contributed by atoms with Gasteiger partial charge >= 0.3 is 5.97 Å². The highest BCUT2D eigenvalue weighted by Crippen LogP contribution is 2.19. The van der Waals surface area contributed by atoms with E-state index < -0.39 is 60.7 Å². The Hall–Kier alpha value is -4.71. The number of carbonyl (C=O) groups excluding carboxylic acids is 4. The Kier molecular flexibility index (Phi) is 9.54. The van der Waals surface area contributed by atoms with E-state index in [1.54, 1.807) is 36.5 Å². The molecule has 12 nitrogen and oxygen atoms in total. The van der Waals surface area contributed by atoms with Crippen LogP contribution in [0.15, 0.2) is 60.8 Å². The first-order chi connectivity index (χ1) is 18.1. The fraction of sp³-hybridized carbons (Fsp3) is 0.269. The smallest absolute Gasteiger partial charge is 0.326 e. The number of carbonyl (C=O) groups is 5. The number of aromatic nitrogens is 1. The van der Waals surface area contributed by atoms with Gasteiger partial charge in [0.2, 0.25) is 23.6 Å². The molecule has 0 saturated heterocycles. The van der Waals surface area contributed by atoms with Gasteiger partial charge in [0, 0.05) is 29.9 Å². The minimum Gasteiger partial charge on any atom is -0.480 e. The van der Waals surface area contributed by atoms with E-state index in [2.05, 4.69) is 20.9 Å². The lowest BCUT2D eigenvalue weighted by Crippen LogP contribution is -2.54. The first kappa shape index (κ1) is 27.9. The lowest BCUT2D eigenvalue weighted by atomic mass is 10.0. The number of aromatic amines is 1. The predicted molar refractivity (Wildman–Crippen MR) is 138 cm³/mol. The SMILES string of the molecule is NC(=O)CC(N)C(=O)NC(Cc1ccccc1)C(=O)NCC(=O)NC(Cc1c[nH]c2ccccc12)C(=O)O. The number of carboxylic acids is 1. The van der Waals surface area contributed by atoms with Crippen LogP contribution in [0.2, 0.25) is 0 Å². The van der Waals surface area contributed by atoms with Crippen LogP contribution in [0.25, 0.3) is 10.9 Å². The van der Waals surface area contributed by atoms with E-state index in [-0.39, 0.29) is 12.8 Å². The second kappa shape index (κ2) is 13.0. The Labute approximate surface area is 218 Å². The van der Waals surface area contributed by atoms with Crippen LogP contribution in [0.3, 0.4) is 0 Å². The molecule has 0 saturated carbocycles. The van der Waals surface area contributed by atoms with Crippen LogP contribution in [0, 0.1) is 0 Å². The van der Waals surface area contributed by atoms with Crippen LogP contribution in [0.4, 0.5) is 0 Å². The number of nitrogens with one attached hydrogen (secondary N) is 4. The molecule has 4 amide bonds. The average molecular weight is 523 g/mol. The van der Waals surface area contributed by atoms with Crippen molar-refractivity contribution in [3.63, 3.8) is 0 Å². The number of fused-ring (bicyclic) bond motifs is 1. The van der Waals surface area contributed by atoms with Crippen molar-refractivity contribution in [2.24, 2.45) is 11.5 Å². The van der Waals surface area contributed by atoms with Crippen molar-refractivity contribution in [1.29, 1.82) is 0 Å². The quantitative estimate of drug-likeness (QED) is 0.154. The molecular weight excluding hydrogens is 492 g/mol. The zero-order chi connectivity index (χ0) is 27.7. The maximum absolute atomic E-state index is 12.9. The molecule has 12 heteroatoms. The zero-order valence-corrected chi connectivity index (χ0v) is 20.5. The Bertz CT molecular complexity index is 1310. The van der Waals surface area contributed by atoms with Gasteiger partial charge in [0.25, 0.3) is 0 Å². The van der Waals surface area contributed by atoms with Gasteiger partial charge in [-0.05, 0) is 17.2 Å². The number of carboxylic acid groups (broad SMARTS) is 1. The van der Waals surface area contributed by atoms with E-state index in [0.717, 1.165) is 22.0 Å². The van der Waals surface area contributed by atoms with Gasteiger partial charge in [0.05, 0.1) is 19.0 Å². The van der Waals surface area contributed by atoms with Crippen LogP contribution in [-0.4, -0.2) is 64.4 Å². The summed E-state index contributed by atoms with van der Waals surface area (Å²) >= 11 is 0. The highest BCUT2D eigenvalue weighted by atomic mass is 16.4. The maximum atomic E-state index is 12.9. The summed E-state index contributed by atoms with van der Waals surface area (Å²) in [6, 6.07) is 12.6. The zero-order valence-electron chi connectivity index (χ0n) is 20.5. The number of hydrogen-bond acceptors (Lipinski definition) is 6. The molecule has 1 heterocycles. The fourth-order valence-electron chi connectivity index (χ4n) is 3.90. The summed E-state index contributed by atoms with van der Waals surface area (Å²) in [7, 11) is 0. The minimum atomic E-state index is -1.25. The Morgan fingerprint density at radius 3 is 2.24 bits per heavy atom. The van der Waals surface area contributed by atoms with E-state index in [1.807, 2.05) is 24.3 Å². The van der Waals surface area contributed by atoms with Crippen molar-refractivity contribution >= 4 is 40.5 Å². The molecular formula is C26H30N6O6. The minimum absolute atomic E-state index is 0.0312. The third-order valence-electron chi connectivity index (χ3n) is 5.83. The van der Waals surface area contributed by atoms with Crippen LogP contribution in [0.1, 0.15) is 17.5 Å². The predicted octanol–water partition coefficient (Wildman–Crippen LogP) is -0.674. The summed E-state index contributed by atoms with van der Waals surface area (Å²) in [6.45, 7) is -0.523. The third kappa shape index (κ3) is 7.90. The van der Waals surface area contributed by atoms with Crippen molar-refractivity contribution in [3.8, 4) is 0 Å². The maximum Gasteiger partial charge on any atom is 0.326 e. The number of rotatable bonds is 13. The second-order valence-electron chi connectivity index (χ2n) is 8.77. The third-order valence-corrected chi connectivity index (χ3v) is 5.83. The molecule has 0 bridgehead atoms. The van der Waals surface area contributed by atoms with Crippen molar-refractivity contribution in [2.75, 3.05) is 6.54 Å². The number of aliphatic carboxylic acids is 1. The van der Waals surface area contributed by atoms with Gasteiger partial charge in [-0.25, -0.2) is 4.79 Å². The molecule has 3 rings (SSSR count). The van der Waals surface area contributed by atoms with Crippen LogP contribution >= 0.6 is 0 Å². The first-order valence-electron chi connectivity index (χ1n) is 11.9. The molecule has 0 aliphatic carbocycles. The number of para-hydroxylation sites is 1. The highest BCUT2D eigenvalue weighted by molar-refractivity contribution is 5.94. The summed E-state index contributed by atoms with van der Waals surface area (Å²) in [5.41, 5.74) is 13.1. The van der Waals surface area contributed by atoms with Gasteiger partial charge in [-0.15, -0.1) is 0 Å². The average Bonchev–Trinajstić information content (AvgIpc) is 3.29. The molecule has 2 aromatic carbocycles. The molecule has 0 spiro atoms. The molecule has 3 aromatic rings. The largest absolute Gasteiger partial charge is 0.480 e. The van der Waals surface area contributed by atoms with Gasteiger partial charge < -0.3 is 37.5 Å². The first-order valence-corrected chi connectivity index (χ1v) is 11.9. The molecule has 38 heavy (non-hydrogen) atoms. The number of hydrogen-bond donors (Lipinski definition) is 7. The monoisotopic (exact) mass is 522 g/mol. The van der Waals surface area contributed by atoms with Gasteiger partial charge in [0.1, 0.15) is 12.1 Å². The second-order valence-corrected chi connectivity index (χ2v) is 8.77. The van der Waals surface area contributed by atoms with Gasteiger partial charge in [-0.2, -0.15) is 0 Å². The number of nitrogens with two attached hydrogens (primary N) is 2. The number of amides is 4. The Morgan fingerprint density at radius 2 is 1.55 bits per heavy atom. The van der Waals surface area contributed by atoms with E-state index in [0.29, 0.717) is 0 Å². The molecule has 3 atom stereocenters. The topological polar surface area (TPSA) is 209 Å².